The van der Waals surface area contributed by atoms with E-state index in [4.69, 9.17) is 0 Å². The fourth-order valence-corrected chi connectivity index (χ4v) is 3.27. The Bertz CT molecular complexity index is 879. The Kier molecular flexibility index (Phi) is 2.83. The molecule has 2 aromatic carbocycles. The van der Waals surface area contributed by atoms with Crippen molar-refractivity contribution >= 4 is 20.2 Å². The Morgan fingerprint density at radius 1 is 1.10 bits per heavy atom. The van der Waals surface area contributed by atoms with Crippen molar-refractivity contribution < 1.29 is 13.2 Å². The van der Waals surface area contributed by atoms with Crippen LogP contribution in [0.15, 0.2) is 53.6 Å². The van der Waals surface area contributed by atoms with Gasteiger partial charge in [0.25, 0.3) is 0 Å². The van der Waals surface area contributed by atoms with E-state index in [0.29, 0.717) is 4.90 Å². The summed E-state index contributed by atoms with van der Waals surface area (Å²) in [7, 11) is -3.73. The minimum Gasteiger partial charge on any atom is -0.360 e. The standard InChI is InChI=1S/C16H16FNO2S/c1-21(2,19,20)13-6-3-11(4-7-13)15-10-18-16-9-12(17)5-8-14(15)16/h3-10,18H,1-2H3,(H,19,20). The van der Waals surface area contributed by atoms with Crippen LogP contribution < -0.4 is 0 Å². The predicted octanol–water partition coefficient (Wildman–Crippen LogP) is 3.89. The van der Waals surface area contributed by atoms with Crippen LogP contribution in [0, 0.1) is 5.82 Å². The first-order chi connectivity index (χ1) is 9.71. The minimum absolute atomic E-state index is 0.286. The molecule has 0 aliphatic rings. The highest BCUT2D eigenvalue weighted by atomic mass is 32.3. The van der Waals surface area contributed by atoms with Gasteiger partial charge in [-0.25, -0.2) is 8.60 Å². The first kappa shape index (κ1) is 14.0. The molecule has 1 aromatic heterocycles. The topological polar surface area (TPSA) is 53.1 Å². The molecule has 2 N–H and O–H groups in total. The molecule has 0 saturated heterocycles. The first-order valence-corrected chi connectivity index (χ1v) is 9.19. The lowest BCUT2D eigenvalue weighted by Gasteiger charge is -2.33. The molecule has 21 heavy (non-hydrogen) atoms. The van der Waals surface area contributed by atoms with Crippen molar-refractivity contribution in [2.75, 3.05) is 12.5 Å². The molecule has 0 atom stereocenters. The van der Waals surface area contributed by atoms with Crippen LogP contribution in [0.3, 0.4) is 0 Å². The average Bonchev–Trinajstić information content (AvgIpc) is 2.80. The Hall–Kier alpha value is -1.98. The molecule has 0 fully saturated rings. The Morgan fingerprint density at radius 3 is 2.38 bits per heavy atom. The molecular formula is C16H16FNO2S. The largest absolute Gasteiger partial charge is 0.360 e. The summed E-state index contributed by atoms with van der Waals surface area (Å²) in [5.74, 6) is -0.286. The number of fused-ring (bicyclic) bond motifs is 1. The average molecular weight is 305 g/mol. The maximum Gasteiger partial charge on any atom is 0.125 e. The van der Waals surface area contributed by atoms with Gasteiger partial charge in [0.2, 0.25) is 0 Å². The van der Waals surface area contributed by atoms with Gasteiger partial charge in [0.1, 0.15) is 5.82 Å². The molecule has 0 unspecified atom stereocenters. The summed E-state index contributed by atoms with van der Waals surface area (Å²) in [6.07, 6.45) is 4.48. The quantitative estimate of drug-likeness (QED) is 0.755. The second-order valence-corrected chi connectivity index (χ2v) is 9.68. The van der Waals surface area contributed by atoms with Crippen molar-refractivity contribution in [1.29, 1.82) is 0 Å². The number of halogens is 1. The van der Waals surface area contributed by atoms with E-state index in [2.05, 4.69) is 4.98 Å². The van der Waals surface area contributed by atoms with Crippen LogP contribution in [0.2, 0.25) is 0 Å². The lowest BCUT2D eigenvalue weighted by molar-refractivity contribution is 0.527. The molecule has 0 amide bonds. The molecule has 0 aliphatic carbocycles. The van der Waals surface area contributed by atoms with Gasteiger partial charge in [0.15, 0.2) is 0 Å². The van der Waals surface area contributed by atoms with Crippen molar-refractivity contribution in [3.05, 3.63) is 54.5 Å². The van der Waals surface area contributed by atoms with Gasteiger partial charge in [0, 0.05) is 35.2 Å². The van der Waals surface area contributed by atoms with Crippen LogP contribution in [-0.4, -0.2) is 26.3 Å². The molecule has 1 heterocycles. The van der Waals surface area contributed by atoms with Crippen LogP contribution in [0.1, 0.15) is 0 Å². The molecule has 0 spiro atoms. The van der Waals surface area contributed by atoms with E-state index in [1.807, 2.05) is 6.20 Å². The summed E-state index contributed by atoms with van der Waals surface area (Å²) in [5.41, 5.74) is 2.57. The molecule has 0 radical (unpaired) electrons. The van der Waals surface area contributed by atoms with Crippen LogP contribution in [0.25, 0.3) is 22.0 Å². The van der Waals surface area contributed by atoms with Gasteiger partial charge in [-0.3, -0.25) is 4.55 Å². The van der Waals surface area contributed by atoms with Crippen molar-refractivity contribution in [2.24, 2.45) is 0 Å². The van der Waals surface area contributed by atoms with Crippen molar-refractivity contribution in [3.8, 4) is 11.1 Å². The van der Waals surface area contributed by atoms with Crippen molar-refractivity contribution in [1.82, 2.24) is 4.98 Å². The van der Waals surface area contributed by atoms with Crippen LogP contribution in [0.4, 0.5) is 4.39 Å². The molecular weight excluding hydrogens is 289 g/mol. The molecule has 0 bridgehead atoms. The van der Waals surface area contributed by atoms with Gasteiger partial charge in [-0.2, -0.15) is 9.35 Å². The third-order valence-corrected chi connectivity index (χ3v) is 5.10. The third-order valence-electron chi connectivity index (χ3n) is 3.48. The van der Waals surface area contributed by atoms with Gasteiger partial charge in [-0.05, 0) is 35.9 Å². The summed E-state index contributed by atoms with van der Waals surface area (Å²) >= 11 is 0. The number of nitrogens with one attached hydrogen (secondary N) is 1. The smallest absolute Gasteiger partial charge is 0.125 e. The summed E-state index contributed by atoms with van der Waals surface area (Å²) in [5, 5.41) is 0.916. The molecule has 3 nitrogen and oxygen atoms in total. The van der Waals surface area contributed by atoms with Crippen LogP contribution >= 0.6 is 0 Å². The summed E-state index contributed by atoms with van der Waals surface area (Å²) in [4.78, 5) is 3.44. The van der Waals surface area contributed by atoms with E-state index >= 15 is 0 Å². The van der Waals surface area contributed by atoms with Gasteiger partial charge in [-0.15, -0.1) is 0 Å². The lowest BCUT2D eigenvalue weighted by Crippen LogP contribution is -2.28. The summed E-state index contributed by atoms with van der Waals surface area (Å²) in [6.45, 7) is 0. The lowest BCUT2D eigenvalue weighted by atomic mass is 10.1. The number of hydrogen-bond acceptors (Lipinski definition) is 1. The second-order valence-electron chi connectivity index (χ2n) is 5.68. The molecule has 5 heteroatoms. The maximum absolute atomic E-state index is 13.2. The zero-order valence-corrected chi connectivity index (χ0v) is 12.6. The van der Waals surface area contributed by atoms with Gasteiger partial charge < -0.3 is 4.98 Å². The van der Waals surface area contributed by atoms with E-state index in [1.54, 1.807) is 30.3 Å². The number of aromatic nitrogens is 1. The van der Waals surface area contributed by atoms with Crippen LogP contribution in [0.5, 0.6) is 0 Å². The Morgan fingerprint density at radius 2 is 1.76 bits per heavy atom. The minimum atomic E-state index is -3.73. The summed E-state index contributed by atoms with van der Waals surface area (Å²) in [6, 6.07) is 11.5. The molecule has 3 rings (SSSR count). The second kappa shape index (κ2) is 4.26. The van der Waals surface area contributed by atoms with Gasteiger partial charge >= 0.3 is 0 Å². The molecule has 3 aromatic rings. The fourth-order valence-electron chi connectivity index (χ4n) is 2.36. The van der Waals surface area contributed by atoms with E-state index in [1.165, 1.54) is 24.6 Å². The van der Waals surface area contributed by atoms with E-state index in [-0.39, 0.29) is 5.82 Å². The van der Waals surface area contributed by atoms with Crippen molar-refractivity contribution in [2.45, 2.75) is 4.90 Å². The molecule has 0 aliphatic heterocycles. The highest BCUT2D eigenvalue weighted by Crippen LogP contribution is 2.32. The number of rotatable bonds is 2. The number of aromatic amines is 1. The van der Waals surface area contributed by atoms with Crippen LogP contribution in [-0.2, 0) is 9.35 Å². The summed E-state index contributed by atoms with van der Waals surface area (Å²) < 4.78 is 35.3. The first-order valence-electron chi connectivity index (χ1n) is 6.45. The zero-order valence-electron chi connectivity index (χ0n) is 11.8. The number of benzene rings is 2. The van der Waals surface area contributed by atoms with Gasteiger partial charge in [0.05, 0.1) is 4.90 Å². The zero-order chi connectivity index (χ0) is 15.3. The van der Waals surface area contributed by atoms with Gasteiger partial charge in [-0.1, -0.05) is 12.1 Å². The Balaban J connectivity index is 2.10. The normalized spacial score (nSPS) is 14.0. The molecule has 110 valence electrons. The van der Waals surface area contributed by atoms with E-state index in [0.717, 1.165) is 22.0 Å². The van der Waals surface area contributed by atoms with E-state index < -0.39 is 9.35 Å². The number of H-pyrrole nitrogens is 1. The highest BCUT2D eigenvalue weighted by Gasteiger charge is 2.17. The number of hydrogen-bond donors (Lipinski definition) is 2. The fraction of sp³-hybridized carbons (Fsp3) is 0.125. The maximum atomic E-state index is 13.2. The monoisotopic (exact) mass is 305 g/mol. The molecule has 0 saturated carbocycles. The Labute approximate surface area is 122 Å². The highest BCUT2D eigenvalue weighted by molar-refractivity contribution is 8.14. The SMILES string of the molecule is CS(C)(=O)(O)c1ccc(-c2c[nH]c3cc(F)ccc23)cc1. The third kappa shape index (κ3) is 2.62. The van der Waals surface area contributed by atoms with Crippen molar-refractivity contribution in [3.63, 3.8) is 0 Å². The van der Waals surface area contributed by atoms with E-state index in [9.17, 15) is 13.2 Å². The predicted molar refractivity (Wildman–Crippen MR) is 84.6 cm³/mol.